The van der Waals surface area contributed by atoms with Crippen LogP contribution in [0.2, 0.25) is 0 Å². The van der Waals surface area contributed by atoms with Crippen LogP contribution in [0.15, 0.2) is 36.7 Å². The summed E-state index contributed by atoms with van der Waals surface area (Å²) in [6, 6.07) is 6.11. The Morgan fingerprint density at radius 1 is 1.33 bits per heavy atom. The van der Waals surface area contributed by atoms with Crippen molar-refractivity contribution in [3.8, 4) is 0 Å². The molecule has 1 aliphatic rings. The van der Waals surface area contributed by atoms with Crippen LogP contribution in [0.4, 0.5) is 10.3 Å². The van der Waals surface area contributed by atoms with Crippen molar-refractivity contribution >= 4 is 11.9 Å². The maximum atomic E-state index is 12.9. The summed E-state index contributed by atoms with van der Waals surface area (Å²) in [5.74, 6) is 0.0541. The van der Waals surface area contributed by atoms with Crippen LogP contribution in [-0.4, -0.2) is 15.9 Å². The molecule has 0 unspecified atom stereocenters. The number of amides is 1. The molecule has 0 aliphatic heterocycles. The van der Waals surface area contributed by atoms with Crippen molar-refractivity contribution < 1.29 is 9.18 Å². The van der Waals surface area contributed by atoms with Crippen molar-refractivity contribution in [1.82, 2.24) is 9.97 Å². The standard InChI is InChI=1S/C13H12FN3O/c14-10-3-1-9(2-4-10)13(5-6-13)11(18)17-12-15-7-8-16-12/h1-4,7-8H,5-6H2,(H2,15,16,17,18). The first-order valence-electron chi connectivity index (χ1n) is 5.78. The maximum absolute atomic E-state index is 12.9. The highest BCUT2D eigenvalue weighted by molar-refractivity contribution is 6.00. The number of aromatic amines is 1. The molecule has 1 amide bonds. The van der Waals surface area contributed by atoms with E-state index in [9.17, 15) is 9.18 Å². The molecular formula is C13H12FN3O. The molecule has 4 nitrogen and oxygen atoms in total. The molecule has 2 aromatic rings. The number of rotatable bonds is 3. The Kier molecular flexibility index (Phi) is 2.40. The molecule has 0 spiro atoms. The summed E-state index contributed by atoms with van der Waals surface area (Å²) in [5.41, 5.74) is 0.341. The molecular weight excluding hydrogens is 233 g/mol. The van der Waals surface area contributed by atoms with Crippen molar-refractivity contribution in [1.29, 1.82) is 0 Å². The monoisotopic (exact) mass is 245 g/mol. The van der Waals surface area contributed by atoms with Gasteiger partial charge in [-0.25, -0.2) is 9.37 Å². The fourth-order valence-electron chi connectivity index (χ4n) is 2.10. The Morgan fingerprint density at radius 2 is 2.06 bits per heavy atom. The molecule has 3 rings (SSSR count). The van der Waals surface area contributed by atoms with Gasteiger partial charge in [0.1, 0.15) is 5.82 Å². The lowest BCUT2D eigenvalue weighted by Gasteiger charge is -2.14. The zero-order chi connectivity index (χ0) is 12.6. The van der Waals surface area contributed by atoms with Crippen LogP contribution < -0.4 is 5.32 Å². The van der Waals surface area contributed by atoms with Crippen molar-refractivity contribution in [2.24, 2.45) is 0 Å². The van der Waals surface area contributed by atoms with Gasteiger partial charge in [-0.3, -0.25) is 10.1 Å². The van der Waals surface area contributed by atoms with E-state index in [1.54, 1.807) is 24.5 Å². The van der Waals surface area contributed by atoms with Gasteiger partial charge in [-0.2, -0.15) is 0 Å². The Hall–Kier alpha value is -2.17. The highest BCUT2D eigenvalue weighted by Crippen LogP contribution is 2.48. The lowest BCUT2D eigenvalue weighted by atomic mass is 9.95. The first kappa shape index (κ1) is 11.0. The number of halogens is 1. The van der Waals surface area contributed by atoms with E-state index in [1.165, 1.54) is 12.1 Å². The summed E-state index contributed by atoms with van der Waals surface area (Å²) in [7, 11) is 0. The van der Waals surface area contributed by atoms with Crippen molar-refractivity contribution in [2.45, 2.75) is 18.3 Å². The number of imidazole rings is 1. The van der Waals surface area contributed by atoms with E-state index in [0.717, 1.165) is 18.4 Å². The van der Waals surface area contributed by atoms with Crippen LogP contribution in [0.5, 0.6) is 0 Å². The first-order valence-corrected chi connectivity index (χ1v) is 5.78. The number of aromatic nitrogens is 2. The van der Waals surface area contributed by atoms with Crippen LogP contribution in [-0.2, 0) is 10.2 Å². The van der Waals surface area contributed by atoms with Crippen LogP contribution in [0.1, 0.15) is 18.4 Å². The minimum atomic E-state index is -0.513. The Morgan fingerprint density at radius 3 is 2.61 bits per heavy atom. The SMILES string of the molecule is O=C(Nc1ncc[nH]1)C1(c2ccc(F)cc2)CC1. The van der Waals surface area contributed by atoms with E-state index < -0.39 is 5.41 Å². The fraction of sp³-hybridized carbons (Fsp3) is 0.231. The number of nitrogens with zero attached hydrogens (tertiary/aromatic N) is 1. The van der Waals surface area contributed by atoms with Crippen molar-refractivity contribution in [2.75, 3.05) is 5.32 Å². The highest BCUT2D eigenvalue weighted by Gasteiger charge is 2.51. The second-order valence-electron chi connectivity index (χ2n) is 4.48. The van der Waals surface area contributed by atoms with Crippen LogP contribution >= 0.6 is 0 Å². The molecule has 0 radical (unpaired) electrons. The average molecular weight is 245 g/mol. The normalized spacial score (nSPS) is 16.3. The number of benzene rings is 1. The molecule has 0 bridgehead atoms. The van der Waals surface area contributed by atoms with Gasteiger partial charge in [-0.15, -0.1) is 0 Å². The number of H-pyrrole nitrogens is 1. The number of carbonyl (C=O) groups excluding carboxylic acids is 1. The largest absolute Gasteiger partial charge is 0.331 e. The maximum Gasteiger partial charge on any atom is 0.237 e. The van der Waals surface area contributed by atoms with Crippen molar-refractivity contribution in [3.05, 3.63) is 48.0 Å². The van der Waals surface area contributed by atoms with E-state index in [2.05, 4.69) is 15.3 Å². The van der Waals surface area contributed by atoms with Gasteiger partial charge < -0.3 is 4.98 Å². The molecule has 92 valence electrons. The zero-order valence-corrected chi connectivity index (χ0v) is 9.61. The predicted molar refractivity (Wildman–Crippen MR) is 64.5 cm³/mol. The Balaban J connectivity index is 1.82. The third-order valence-electron chi connectivity index (χ3n) is 3.31. The van der Waals surface area contributed by atoms with E-state index >= 15 is 0 Å². The summed E-state index contributed by atoms with van der Waals surface area (Å²) in [4.78, 5) is 19.0. The molecule has 1 fully saturated rings. The summed E-state index contributed by atoms with van der Waals surface area (Å²) in [6.45, 7) is 0. The molecule has 2 N–H and O–H groups in total. The fourth-order valence-corrected chi connectivity index (χ4v) is 2.10. The molecule has 5 heteroatoms. The Bertz CT molecular complexity index is 558. The van der Waals surface area contributed by atoms with Crippen LogP contribution in [0.25, 0.3) is 0 Å². The van der Waals surface area contributed by atoms with Gasteiger partial charge >= 0.3 is 0 Å². The van der Waals surface area contributed by atoms with Gasteiger partial charge in [0.05, 0.1) is 5.41 Å². The van der Waals surface area contributed by atoms with Crippen LogP contribution in [0.3, 0.4) is 0 Å². The minimum absolute atomic E-state index is 0.0935. The summed E-state index contributed by atoms with van der Waals surface area (Å²) >= 11 is 0. The van der Waals surface area contributed by atoms with Gasteiger partial charge in [0.2, 0.25) is 11.9 Å². The Labute approximate surface area is 103 Å². The minimum Gasteiger partial charge on any atom is -0.331 e. The number of hydrogen-bond donors (Lipinski definition) is 2. The smallest absolute Gasteiger partial charge is 0.237 e. The topological polar surface area (TPSA) is 57.8 Å². The molecule has 0 saturated heterocycles. The lowest BCUT2D eigenvalue weighted by Crippen LogP contribution is -2.28. The second-order valence-corrected chi connectivity index (χ2v) is 4.48. The van der Waals surface area contributed by atoms with Gasteiger partial charge in [0.25, 0.3) is 0 Å². The molecule has 0 atom stereocenters. The molecule has 1 aromatic heterocycles. The zero-order valence-electron chi connectivity index (χ0n) is 9.61. The van der Waals surface area contributed by atoms with E-state index in [-0.39, 0.29) is 11.7 Å². The molecule has 1 aromatic carbocycles. The number of anilines is 1. The lowest BCUT2D eigenvalue weighted by molar-refractivity contribution is -0.118. The van der Waals surface area contributed by atoms with Gasteiger partial charge in [-0.1, -0.05) is 12.1 Å². The quantitative estimate of drug-likeness (QED) is 0.871. The summed E-state index contributed by atoms with van der Waals surface area (Å²) in [5, 5.41) is 2.74. The molecule has 1 aliphatic carbocycles. The second kappa shape index (κ2) is 3.94. The summed E-state index contributed by atoms with van der Waals surface area (Å²) < 4.78 is 12.9. The van der Waals surface area contributed by atoms with E-state index in [0.29, 0.717) is 5.95 Å². The van der Waals surface area contributed by atoms with Crippen LogP contribution in [0, 0.1) is 5.82 Å². The number of carbonyl (C=O) groups is 1. The molecule has 18 heavy (non-hydrogen) atoms. The molecule has 1 heterocycles. The number of hydrogen-bond acceptors (Lipinski definition) is 2. The van der Waals surface area contributed by atoms with Crippen molar-refractivity contribution in [3.63, 3.8) is 0 Å². The average Bonchev–Trinajstić information content (AvgIpc) is 3.03. The van der Waals surface area contributed by atoms with E-state index in [1.807, 2.05) is 0 Å². The van der Waals surface area contributed by atoms with E-state index in [4.69, 9.17) is 0 Å². The third-order valence-corrected chi connectivity index (χ3v) is 3.31. The first-order chi connectivity index (χ1) is 8.71. The highest BCUT2D eigenvalue weighted by atomic mass is 19.1. The van der Waals surface area contributed by atoms with Gasteiger partial charge in [-0.05, 0) is 30.5 Å². The number of nitrogens with one attached hydrogen (secondary N) is 2. The predicted octanol–water partition coefficient (Wildman–Crippen LogP) is 2.22. The molecule has 1 saturated carbocycles. The third kappa shape index (κ3) is 1.77. The van der Waals surface area contributed by atoms with Gasteiger partial charge in [0, 0.05) is 12.4 Å². The summed E-state index contributed by atoms with van der Waals surface area (Å²) in [6.07, 6.45) is 4.79. The van der Waals surface area contributed by atoms with Gasteiger partial charge in [0.15, 0.2) is 0 Å².